The van der Waals surface area contributed by atoms with Gasteiger partial charge in [-0.3, -0.25) is 4.90 Å². The Labute approximate surface area is 120 Å². The van der Waals surface area contributed by atoms with E-state index in [1.54, 1.807) is 0 Å². The maximum Gasteiger partial charge on any atom is 0.126 e. The maximum atomic E-state index is 13.3. The lowest BCUT2D eigenvalue weighted by Crippen LogP contribution is -2.44. The summed E-state index contributed by atoms with van der Waals surface area (Å²) in [7, 11) is 0. The van der Waals surface area contributed by atoms with Crippen molar-refractivity contribution in [2.24, 2.45) is 11.7 Å². The van der Waals surface area contributed by atoms with Crippen molar-refractivity contribution >= 4 is 0 Å². The van der Waals surface area contributed by atoms with Gasteiger partial charge in [0.05, 0.1) is 0 Å². The molecule has 0 aromatic heterocycles. The number of rotatable bonds is 5. The summed E-state index contributed by atoms with van der Waals surface area (Å²) in [5, 5.41) is 0. The molecule has 0 bridgehead atoms. The van der Waals surface area contributed by atoms with Gasteiger partial charge < -0.3 is 5.73 Å². The van der Waals surface area contributed by atoms with E-state index >= 15 is 0 Å². The van der Waals surface area contributed by atoms with E-state index in [1.807, 2.05) is 0 Å². The molecule has 0 amide bonds. The number of benzene rings is 1. The quantitative estimate of drug-likeness (QED) is 0.898. The largest absolute Gasteiger partial charge is 0.330 e. The number of hydrogen-bond acceptors (Lipinski definition) is 2. The highest BCUT2D eigenvalue weighted by atomic mass is 19.1. The Balaban J connectivity index is 2.11. The molecule has 0 radical (unpaired) electrons. The molecule has 0 aliphatic heterocycles. The topological polar surface area (TPSA) is 29.3 Å². The van der Waals surface area contributed by atoms with Crippen molar-refractivity contribution in [2.45, 2.75) is 45.2 Å². The van der Waals surface area contributed by atoms with Gasteiger partial charge in [-0.1, -0.05) is 19.8 Å². The van der Waals surface area contributed by atoms with Gasteiger partial charge in [0.15, 0.2) is 0 Å². The molecule has 1 saturated carbocycles. The van der Waals surface area contributed by atoms with Gasteiger partial charge in [-0.15, -0.1) is 0 Å². The van der Waals surface area contributed by atoms with E-state index in [4.69, 9.17) is 5.73 Å². The normalized spacial score (nSPS) is 23.2. The predicted octanol–water partition coefficient (Wildman–Crippen LogP) is 3.30. The van der Waals surface area contributed by atoms with Crippen molar-refractivity contribution in [1.29, 1.82) is 0 Å². The zero-order chi connectivity index (χ0) is 14.5. The first-order valence-electron chi connectivity index (χ1n) is 7.53. The van der Waals surface area contributed by atoms with E-state index in [2.05, 4.69) is 11.8 Å². The van der Waals surface area contributed by atoms with Crippen LogP contribution < -0.4 is 5.73 Å². The third-order valence-corrected chi connectivity index (χ3v) is 4.35. The van der Waals surface area contributed by atoms with Crippen molar-refractivity contribution in [1.82, 2.24) is 4.90 Å². The van der Waals surface area contributed by atoms with Crippen LogP contribution in [0.15, 0.2) is 18.2 Å². The van der Waals surface area contributed by atoms with E-state index in [-0.39, 0.29) is 0 Å². The molecule has 0 spiro atoms. The van der Waals surface area contributed by atoms with Crippen LogP contribution in [0.2, 0.25) is 0 Å². The summed E-state index contributed by atoms with van der Waals surface area (Å²) in [4.78, 5) is 2.31. The molecule has 0 heterocycles. The molecule has 1 aliphatic carbocycles. The average molecular weight is 282 g/mol. The Hall–Kier alpha value is -1.00. The van der Waals surface area contributed by atoms with Crippen LogP contribution in [0.1, 0.15) is 38.2 Å². The van der Waals surface area contributed by atoms with Crippen LogP contribution in [-0.2, 0) is 6.54 Å². The van der Waals surface area contributed by atoms with Gasteiger partial charge in [-0.2, -0.15) is 0 Å². The molecule has 1 aromatic rings. The van der Waals surface area contributed by atoms with Gasteiger partial charge in [-0.05, 0) is 49.5 Å². The summed E-state index contributed by atoms with van der Waals surface area (Å²) in [5.74, 6) is -0.507. The molecule has 1 fully saturated rings. The number of nitrogens with two attached hydrogens (primary N) is 1. The van der Waals surface area contributed by atoms with E-state index in [1.165, 1.54) is 25.0 Å². The molecule has 2 rings (SSSR count). The number of nitrogens with zero attached hydrogens (tertiary/aromatic N) is 1. The van der Waals surface area contributed by atoms with Crippen LogP contribution in [0.3, 0.4) is 0 Å². The highest BCUT2D eigenvalue weighted by molar-refractivity contribution is 5.18. The van der Waals surface area contributed by atoms with Crippen molar-refractivity contribution < 1.29 is 8.78 Å². The van der Waals surface area contributed by atoms with Gasteiger partial charge in [-0.25, -0.2) is 8.78 Å². The lowest BCUT2D eigenvalue weighted by atomic mass is 9.83. The summed E-state index contributed by atoms with van der Waals surface area (Å²) in [6.07, 6.45) is 4.75. The van der Waals surface area contributed by atoms with Crippen molar-refractivity contribution in [3.63, 3.8) is 0 Å². The van der Waals surface area contributed by atoms with Gasteiger partial charge in [0.1, 0.15) is 11.6 Å². The molecule has 0 saturated heterocycles. The van der Waals surface area contributed by atoms with Crippen molar-refractivity contribution in [3.05, 3.63) is 35.4 Å². The van der Waals surface area contributed by atoms with Crippen molar-refractivity contribution in [2.75, 3.05) is 13.1 Å². The standard InChI is InChI=1S/C16H24F2N2/c1-2-20(16-6-4-3-5-13(16)10-19)11-12-7-14(17)9-15(18)8-12/h7-9,13,16H,2-6,10-11,19H2,1H3. The fourth-order valence-corrected chi connectivity index (χ4v) is 3.34. The lowest BCUT2D eigenvalue weighted by molar-refractivity contribution is 0.105. The molecular weight excluding hydrogens is 258 g/mol. The summed E-state index contributed by atoms with van der Waals surface area (Å²) in [6, 6.07) is 4.20. The van der Waals surface area contributed by atoms with Gasteiger partial charge in [0, 0.05) is 18.7 Å². The van der Waals surface area contributed by atoms with Crippen LogP contribution in [0, 0.1) is 17.6 Å². The third-order valence-electron chi connectivity index (χ3n) is 4.35. The fourth-order valence-electron chi connectivity index (χ4n) is 3.34. The summed E-state index contributed by atoms with van der Waals surface area (Å²) in [6.45, 7) is 4.25. The highest BCUT2D eigenvalue weighted by Crippen LogP contribution is 2.29. The van der Waals surface area contributed by atoms with Crippen LogP contribution in [-0.4, -0.2) is 24.0 Å². The number of hydrogen-bond donors (Lipinski definition) is 1. The smallest absolute Gasteiger partial charge is 0.126 e. The first kappa shape index (κ1) is 15.4. The fraction of sp³-hybridized carbons (Fsp3) is 0.625. The molecule has 20 heavy (non-hydrogen) atoms. The summed E-state index contributed by atoms with van der Waals surface area (Å²) in [5.41, 5.74) is 6.58. The Bertz CT molecular complexity index is 416. The van der Waals surface area contributed by atoms with Crippen LogP contribution in [0.4, 0.5) is 8.78 Å². The second-order valence-electron chi connectivity index (χ2n) is 5.69. The van der Waals surface area contributed by atoms with Gasteiger partial charge in [0.2, 0.25) is 0 Å². The minimum Gasteiger partial charge on any atom is -0.330 e. The molecule has 2 N–H and O–H groups in total. The first-order valence-corrected chi connectivity index (χ1v) is 7.53. The summed E-state index contributed by atoms with van der Waals surface area (Å²) >= 11 is 0. The molecular formula is C16H24F2N2. The van der Waals surface area contributed by atoms with Crippen molar-refractivity contribution in [3.8, 4) is 0 Å². The van der Waals surface area contributed by atoms with E-state index < -0.39 is 11.6 Å². The highest BCUT2D eigenvalue weighted by Gasteiger charge is 2.28. The Morgan fingerprint density at radius 2 is 1.80 bits per heavy atom. The molecule has 112 valence electrons. The lowest BCUT2D eigenvalue weighted by Gasteiger charge is -2.39. The zero-order valence-corrected chi connectivity index (χ0v) is 12.1. The zero-order valence-electron chi connectivity index (χ0n) is 12.1. The molecule has 1 aliphatic rings. The molecule has 2 nitrogen and oxygen atoms in total. The average Bonchev–Trinajstić information content (AvgIpc) is 2.43. The van der Waals surface area contributed by atoms with Gasteiger partial charge in [0.25, 0.3) is 0 Å². The van der Waals surface area contributed by atoms with E-state index in [9.17, 15) is 8.78 Å². The third kappa shape index (κ3) is 3.76. The Kier molecular flexibility index (Phi) is 5.49. The van der Waals surface area contributed by atoms with Crippen LogP contribution >= 0.6 is 0 Å². The summed E-state index contributed by atoms with van der Waals surface area (Å²) < 4.78 is 26.6. The second-order valence-corrected chi connectivity index (χ2v) is 5.69. The van der Waals surface area contributed by atoms with Gasteiger partial charge >= 0.3 is 0 Å². The Morgan fingerprint density at radius 1 is 1.15 bits per heavy atom. The Morgan fingerprint density at radius 3 is 2.40 bits per heavy atom. The minimum absolute atomic E-state index is 0.435. The predicted molar refractivity (Wildman–Crippen MR) is 77.2 cm³/mol. The van der Waals surface area contributed by atoms with E-state index in [0.717, 1.165) is 25.5 Å². The monoisotopic (exact) mass is 282 g/mol. The molecule has 2 unspecified atom stereocenters. The van der Waals surface area contributed by atoms with E-state index in [0.29, 0.717) is 30.6 Å². The SMILES string of the molecule is CCN(Cc1cc(F)cc(F)c1)C1CCCCC1CN. The van der Waals surface area contributed by atoms with Crippen LogP contribution in [0.5, 0.6) is 0 Å². The van der Waals surface area contributed by atoms with Crippen LogP contribution in [0.25, 0.3) is 0 Å². The maximum absolute atomic E-state index is 13.3. The minimum atomic E-state index is -0.505. The first-order chi connectivity index (χ1) is 9.63. The molecule has 1 aromatic carbocycles. The second kappa shape index (κ2) is 7.14. The molecule has 4 heteroatoms. The molecule has 2 atom stereocenters. The number of halogens is 2.